The zero-order valence-corrected chi connectivity index (χ0v) is 16.4. The lowest BCUT2D eigenvalue weighted by atomic mass is 9.58. The van der Waals surface area contributed by atoms with Crippen molar-refractivity contribution >= 4 is 28.7 Å². The third kappa shape index (κ3) is 3.12. The number of aromatic nitrogens is 1. The predicted octanol–water partition coefficient (Wildman–Crippen LogP) is 1.68. The van der Waals surface area contributed by atoms with Gasteiger partial charge in [-0.1, -0.05) is 25.1 Å². The van der Waals surface area contributed by atoms with E-state index in [1.165, 1.54) is 4.57 Å². The van der Waals surface area contributed by atoms with Crippen LogP contribution in [0.15, 0.2) is 24.3 Å². The van der Waals surface area contributed by atoms with Crippen molar-refractivity contribution in [1.82, 2.24) is 9.88 Å². The van der Waals surface area contributed by atoms with Gasteiger partial charge in [0.15, 0.2) is 0 Å². The minimum atomic E-state index is -1.48. The van der Waals surface area contributed by atoms with Gasteiger partial charge >= 0.3 is 5.97 Å². The second kappa shape index (κ2) is 7.59. The van der Waals surface area contributed by atoms with Gasteiger partial charge < -0.3 is 20.7 Å². The maximum Gasteiger partial charge on any atom is 0.352 e. The number of nitrogens with one attached hydrogen (secondary N) is 1. The van der Waals surface area contributed by atoms with Crippen LogP contribution in [0.25, 0.3) is 10.9 Å². The van der Waals surface area contributed by atoms with Crippen molar-refractivity contribution in [2.45, 2.75) is 31.6 Å². The highest BCUT2D eigenvalue weighted by atomic mass is 16.4. The molecule has 0 saturated heterocycles. The minimum absolute atomic E-state index is 0.0443. The van der Waals surface area contributed by atoms with E-state index in [0.717, 1.165) is 0 Å². The number of nitrogens with two attached hydrogens (primary N) is 1. The van der Waals surface area contributed by atoms with Crippen LogP contribution < -0.4 is 11.1 Å². The molecule has 8 nitrogen and oxygen atoms in total. The fourth-order valence-corrected chi connectivity index (χ4v) is 4.86. The summed E-state index contributed by atoms with van der Waals surface area (Å²) in [5.74, 6) is -3.15. The van der Waals surface area contributed by atoms with E-state index in [1.807, 2.05) is 13.0 Å². The van der Waals surface area contributed by atoms with Crippen molar-refractivity contribution in [2.24, 2.45) is 24.6 Å². The lowest BCUT2D eigenvalue weighted by molar-refractivity contribution is -0.138. The predicted molar refractivity (Wildman–Crippen MR) is 106 cm³/mol. The van der Waals surface area contributed by atoms with Crippen molar-refractivity contribution in [3.05, 3.63) is 35.5 Å². The summed E-state index contributed by atoms with van der Waals surface area (Å²) >= 11 is 0. The number of hydrogen-bond acceptors (Lipinski definition) is 4. The molecule has 2 amide bonds. The number of fused-ring (bicyclic) bond motifs is 1. The first-order valence-corrected chi connectivity index (χ1v) is 9.51. The molecular weight excluding hydrogens is 372 g/mol. The summed E-state index contributed by atoms with van der Waals surface area (Å²) in [5.41, 5.74) is 5.35. The second-order valence-electron chi connectivity index (χ2n) is 7.76. The number of nitrogens with zero attached hydrogens (tertiary/aromatic N) is 2. The number of benzene rings is 1. The Bertz CT molecular complexity index is 1040. The third-order valence-electron chi connectivity index (χ3n) is 6.07. The minimum Gasteiger partial charge on any atom is -0.477 e. The van der Waals surface area contributed by atoms with Crippen LogP contribution in [0, 0.1) is 23.2 Å². The molecule has 4 N–H and O–H groups in total. The standard InChI is InChI=1S/C21H24N4O4/c1-12-7-8-14(18(26)24-10-9-22)21(11-12,20(23)29)16-13-5-3-4-6-15(13)25(2)17(16)19(27)28/h3-6,12,14H,7-8,10-11H2,1-2H3,(H2,23,29)(H,24,26)(H,27,28)/t12?,14-,21-/m0/s1. The molecule has 1 aliphatic rings. The van der Waals surface area contributed by atoms with Crippen LogP contribution in [-0.4, -0.2) is 34.0 Å². The Kier molecular flexibility index (Phi) is 5.33. The molecule has 29 heavy (non-hydrogen) atoms. The fraction of sp³-hybridized carbons (Fsp3) is 0.429. The van der Waals surface area contributed by atoms with Gasteiger partial charge in [-0.15, -0.1) is 0 Å². The SMILES string of the molecule is CC1CC[C@@H](C(=O)NCC#N)[C@](C(N)=O)(c2c(C(=O)O)n(C)c3ccccc23)C1. The van der Waals surface area contributed by atoms with Gasteiger partial charge in [0.25, 0.3) is 0 Å². The molecule has 0 radical (unpaired) electrons. The van der Waals surface area contributed by atoms with Crippen LogP contribution in [0.2, 0.25) is 0 Å². The Labute approximate surface area is 168 Å². The van der Waals surface area contributed by atoms with Gasteiger partial charge in [0.1, 0.15) is 12.2 Å². The normalized spacial score (nSPS) is 24.0. The maximum atomic E-state index is 13.0. The summed E-state index contributed by atoms with van der Waals surface area (Å²) in [4.78, 5) is 38.2. The van der Waals surface area contributed by atoms with E-state index in [9.17, 15) is 19.5 Å². The molecule has 0 spiro atoms. The van der Waals surface area contributed by atoms with Crippen molar-refractivity contribution in [1.29, 1.82) is 5.26 Å². The number of aromatic carboxylic acids is 1. The lowest BCUT2D eigenvalue weighted by Crippen LogP contribution is -2.56. The zero-order valence-electron chi connectivity index (χ0n) is 16.4. The number of carboxylic acids is 1. The monoisotopic (exact) mass is 396 g/mol. The molecule has 152 valence electrons. The quantitative estimate of drug-likeness (QED) is 0.660. The number of rotatable bonds is 5. The molecule has 1 saturated carbocycles. The zero-order chi connectivity index (χ0) is 21.3. The Morgan fingerprint density at radius 3 is 2.66 bits per heavy atom. The maximum absolute atomic E-state index is 13.0. The fourth-order valence-electron chi connectivity index (χ4n) is 4.86. The van der Waals surface area contributed by atoms with Gasteiger partial charge in [0, 0.05) is 23.5 Å². The summed E-state index contributed by atoms with van der Waals surface area (Å²) in [5, 5.41) is 22.0. The Morgan fingerprint density at radius 1 is 1.34 bits per heavy atom. The van der Waals surface area contributed by atoms with Gasteiger partial charge in [-0.3, -0.25) is 9.59 Å². The van der Waals surface area contributed by atoms with Crippen molar-refractivity contribution in [2.75, 3.05) is 6.54 Å². The number of carboxylic acid groups (broad SMARTS) is 1. The molecule has 1 aromatic heterocycles. The molecular formula is C21H24N4O4. The van der Waals surface area contributed by atoms with Crippen LogP contribution in [0.4, 0.5) is 0 Å². The van der Waals surface area contributed by atoms with Gasteiger partial charge in [0.2, 0.25) is 11.8 Å². The summed E-state index contributed by atoms with van der Waals surface area (Å²) in [6, 6.07) is 8.94. The molecule has 3 atom stereocenters. The van der Waals surface area contributed by atoms with E-state index < -0.39 is 29.1 Å². The number of amides is 2. The molecule has 3 rings (SSSR count). The van der Waals surface area contributed by atoms with Gasteiger partial charge in [0.05, 0.1) is 17.4 Å². The van der Waals surface area contributed by atoms with Crippen molar-refractivity contribution in [3.63, 3.8) is 0 Å². The Hall–Kier alpha value is -3.34. The molecule has 0 aliphatic heterocycles. The molecule has 1 heterocycles. The highest BCUT2D eigenvalue weighted by Crippen LogP contribution is 2.50. The van der Waals surface area contributed by atoms with E-state index >= 15 is 0 Å². The van der Waals surface area contributed by atoms with Gasteiger partial charge in [-0.05, 0) is 31.2 Å². The van der Waals surface area contributed by atoms with Crippen LogP contribution in [0.5, 0.6) is 0 Å². The molecule has 1 unspecified atom stereocenters. The first kappa shape index (κ1) is 20.4. The van der Waals surface area contributed by atoms with E-state index in [4.69, 9.17) is 11.0 Å². The number of aryl methyl sites for hydroxylation is 1. The van der Waals surface area contributed by atoms with Crippen LogP contribution in [0.1, 0.15) is 42.2 Å². The number of carbonyl (C=O) groups excluding carboxylic acids is 2. The molecule has 1 aliphatic carbocycles. The first-order chi connectivity index (χ1) is 13.8. The number of carbonyl (C=O) groups is 3. The Balaban J connectivity index is 2.37. The second-order valence-corrected chi connectivity index (χ2v) is 7.76. The summed E-state index contributed by atoms with van der Waals surface area (Å²) in [6.07, 6.45) is 1.34. The first-order valence-electron chi connectivity index (χ1n) is 9.51. The highest BCUT2D eigenvalue weighted by Gasteiger charge is 2.55. The van der Waals surface area contributed by atoms with Crippen LogP contribution in [-0.2, 0) is 22.1 Å². The smallest absolute Gasteiger partial charge is 0.352 e. The lowest BCUT2D eigenvalue weighted by Gasteiger charge is -2.43. The van der Waals surface area contributed by atoms with Crippen molar-refractivity contribution in [3.8, 4) is 6.07 Å². The molecule has 0 bridgehead atoms. The molecule has 1 aromatic carbocycles. The topological polar surface area (TPSA) is 138 Å². The van der Waals surface area contributed by atoms with Gasteiger partial charge in [-0.25, -0.2) is 4.79 Å². The van der Waals surface area contributed by atoms with Crippen molar-refractivity contribution < 1.29 is 19.5 Å². The van der Waals surface area contributed by atoms with Crippen LogP contribution >= 0.6 is 0 Å². The number of nitriles is 1. The number of primary amides is 1. The van der Waals surface area contributed by atoms with E-state index in [-0.39, 0.29) is 24.6 Å². The Morgan fingerprint density at radius 2 is 2.03 bits per heavy atom. The summed E-state index contributed by atoms with van der Waals surface area (Å²) in [7, 11) is 1.63. The summed E-state index contributed by atoms with van der Waals surface area (Å²) in [6.45, 7) is 1.77. The van der Waals surface area contributed by atoms with Gasteiger partial charge in [-0.2, -0.15) is 5.26 Å². The van der Waals surface area contributed by atoms with E-state index in [0.29, 0.717) is 29.3 Å². The third-order valence-corrected chi connectivity index (χ3v) is 6.07. The highest BCUT2D eigenvalue weighted by molar-refractivity contribution is 6.06. The molecule has 1 fully saturated rings. The average molecular weight is 396 g/mol. The van der Waals surface area contributed by atoms with E-state index in [1.54, 1.807) is 31.3 Å². The number of para-hydroxylation sites is 1. The average Bonchev–Trinajstić information content (AvgIpc) is 2.99. The molecule has 8 heteroatoms. The number of hydrogen-bond donors (Lipinski definition) is 3. The van der Waals surface area contributed by atoms with E-state index in [2.05, 4.69) is 5.32 Å². The molecule has 2 aromatic rings. The largest absolute Gasteiger partial charge is 0.477 e. The summed E-state index contributed by atoms with van der Waals surface area (Å²) < 4.78 is 1.53. The van der Waals surface area contributed by atoms with Crippen LogP contribution in [0.3, 0.4) is 0 Å².